The zero-order chi connectivity index (χ0) is 15.5. The van der Waals surface area contributed by atoms with E-state index >= 15 is 0 Å². The van der Waals surface area contributed by atoms with Crippen molar-refractivity contribution in [2.45, 2.75) is 12.5 Å². The Hall–Kier alpha value is -2.47. The molecule has 2 heterocycles. The fourth-order valence-corrected chi connectivity index (χ4v) is 2.51. The van der Waals surface area contributed by atoms with E-state index < -0.39 is 5.82 Å². The average molecular weight is 300 g/mol. The molecule has 1 aromatic carbocycles. The third-order valence-corrected chi connectivity index (χ3v) is 3.68. The lowest BCUT2D eigenvalue weighted by atomic mass is 10.2. The number of aromatic nitrogens is 1. The van der Waals surface area contributed by atoms with Crippen molar-refractivity contribution in [3.8, 4) is 0 Å². The van der Waals surface area contributed by atoms with Crippen LogP contribution < -0.4 is 11.1 Å². The Morgan fingerprint density at radius 2 is 2.14 bits per heavy atom. The van der Waals surface area contributed by atoms with Crippen LogP contribution in [0.25, 0.3) is 0 Å². The Labute approximate surface area is 128 Å². The summed E-state index contributed by atoms with van der Waals surface area (Å²) in [5.74, 6) is -0.187. The van der Waals surface area contributed by atoms with Crippen molar-refractivity contribution in [3.05, 3.63) is 54.0 Å². The molecular weight excluding hydrogens is 283 g/mol. The minimum Gasteiger partial charge on any atom is -0.337 e. The van der Waals surface area contributed by atoms with Crippen LogP contribution in [-0.4, -0.2) is 34.9 Å². The summed E-state index contributed by atoms with van der Waals surface area (Å²) in [6.45, 7) is 1.17. The number of carbonyl (C=O) groups excluding carboxylic acids is 1. The van der Waals surface area contributed by atoms with Crippen molar-refractivity contribution in [1.29, 1.82) is 0 Å². The Kier molecular flexibility index (Phi) is 4.02. The lowest BCUT2D eigenvalue weighted by Crippen LogP contribution is -2.32. The summed E-state index contributed by atoms with van der Waals surface area (Å²) in [7, 11) is 0. The number of pyridine rings is 1. The number of rotatable bonds is 3. The summed E-state index contributed by atoms with van der Waals surface area (Å²) >= 11 is 0. The maximum atomic E-state index is 13.8. The Morgan fingerprint density at radius 3 is 2.86 bits per heavy atom. The third-order valence-electron chi connectivity index (χ3n) is 3.68. The van der Waals surface area contributed by atoms with Gasteiger partial charge in [0.15, 0.2) is 0 Å². The molecule has 0 saturated carbocycles. The Balaban J connectivity index is 1.87. The zero-order valence-electron chi connectivity index (χ0n) is 12.0. The molecule has 2 aromatic rings. The van der Waals surface area contributed by atoms with E-state index in [1.165, 1.54) is 6.07 Å². The van der Waals surface area contributed by atoms with Gasteiger partial charge in [0, 0.05) is 25.3 Å². The molecule has 5 nitrogen and oxygen atoms in total. The average Bonchev–Trinajstić information content (AvgIpc) is 2.96. The number of nitrogens with two attached hydrogens (primary N) is 1. The fourth-order valence-electron chi connectivity index (χ4n) is 2.51. The van der Waals surface area contributed by atoms with E-state index in [0.717, 1.165) is 6.42 Å². The molecule has 0 spiro atoms. The van der Waals surface area contributed by atoms with Crippen LogP contribution in [0.3, 0.4) is 0 Å². The minimum atomic E-state index is -0.394. The van der Waals surface area contributed by atoms with Crippen LogP contribution in [0.15, 0.2) is 42.6 Å². The molecule has 0 radical (unpaired) electrons. The van der Waals surface area contributed by atoms with Crippen molar-refractivity contribution in [3.63, 3.8) is 0 Å². The van der Waals surface area contributed by atoms with E-state index in [2.05, 4.69) is 10.3 Å². The Morgan fingerprint density at radius 1 is 1.32 bits per heavy atom. The van der Waals surface area contributed by atoms with E-state index in [4.69, 9.17) is 5.73 Å². The number of para-hydroxylation sites is 1. The highest BCUT2D eigenvalue weighted by atomic mass is 19.1. The molecule has 0 aliphatic carbocycles. The topological polar surface area (TPSA) is 71.2 Å². The molecule has 1 amide bonds. The second-order valence-electron chi connectivity index (χ2n) is 5.30. The van der Waals surface area contributed by atoms with Crippen molar-refractivity contribution in [1.82, 2.24) is 9.88 Å². The smallest absolute Gasteiger partial charge is 0.257 e. The van der Waals surface area contributed by atoms with Gasteiger partial charge in [-0.3, -0.25) is 4.79 Å². The van der Waals surface area contributed by atoms with Gasteiger partial charge in [0.1, 0.15) is 11.6 Å². The van der Waals surface area contributed by atoms with Crippen molar-refractivity contribution in [2.24, 2.45) is 5.73 Å². The predicted molar refractivity (Wildman–Crippen MR) is 82.4 cm³/mol. The first-order chi connectivity index (χ1) is 10.6. The number of nitrogens with zero attached hydrogens (tertiary/aromatic N) is 2. The first kappa shape index (κ1) is 14.5. The van der Waals surface area contributed by atoms with Crippen LogP contribution in [0.2, 0.25) is 0 Å². The van der Waals surface area contributed by atoms with Gasteiger partial charge in [0.2, 0.25) is 0 Å². The number of carbonyl (C=O) groups is 1. The first-order valence-electron chi connectivity index (χ1n) is 7.16. The minimum absolute atomic E-state index is 0.0172. The number of benzene rings is 1. The van der Waals surface area contributed by atoms with Crippen molar-refractivity contribution < 1.29 is 9.18 Å². The lowest BCUT2D eigenvalue weighted by molar-refractivity contribution is 0.0791. The highest BCUT2D eigenvalue weighted by Crippen LogP contribution is 2.23. The van der Waals surface area contributed by atoms with Gasteiger partial charge in [0.05, 0.1) is 11.3 Å². The highest BCUT2D eigenvalue weighted by molar-refractivity contribution is 5.99. The standard InChI is InChI=1S/C16H17FN4O/c17-13-5-1-2-6-14(13)20-15-12(4-3-8-19-15)16(22)21-9-7-11(18)10-21/h1-6,8,11H,7,9-10,18H2,(H,19,20)/t11-/m1/s1. The van der Waals surface area contributed by atoms with E-state index in [1.807, 2.05) is 0 Å². The van der Waals surface area contributed by atoms with Gasteiger partial charge >= 0.3 is 0 Å². The summed E-state index contributed by atoms with van der Waals surface area (Å²) in [5.41, 5.74) is 6.55. The molecule has 1 aromatic heterocycles. The third kappa shape index (κ3) is 2.92. The molecule has 3 rings (SSSR count). The number of nitrogens with one attached hydrogen (secondary N) is 1. The molecule has 0 unspecified atom stereocenters. The highest BCUT2D eigenvalue weighted by Gasteiger charge is 2.26. The molecule has 1 aliphatic rings. The van der Waals surface area contributed by atoms with Crippen molar-refractivity contribution >= 4 is 17.4 Å². The van der Waals surface area contributed by atoms with E-state index in [1.54, 1.807) is 41.4 Å². The number of hydrogen-bond donors (Lipinski definition) is 2. The molecule has 0 bridgehead atoms. The summed E-state index contributed by atoms with van der Waals surface area (Å²) in [4.78, 5) is 18.5. The summed E-state index contributed by atoms with van der Waals surface area (Å²) in [6, 6.07) is 9.67. The van der Waals surface area contributed by atoms with Crippen LogP contribution in [-0.2, 0) is 0 Å². The van der Waals surface area contributed by atoms with Gasteiger partial charge in [-0.2, -0.15) is 0 Å². The van der Waals surface area contributed by atoms with Crippen LogP contribution in [0, 0.1) is 5.82 Å². The van der Waals surface area contributed by atoms with E-state index in [-0.39, 0.29) is 17.6 Å². The molecular formula is C16H17FN4O. The van der Waals surface area contributed by atoms with Crippen molar-refractivity contribution in [2.75, 3.05) is 18.4 Å². The van der Waals surface area contributed by atoms with Crippen LogP contribution in [0.1, 0.15) is 16.8 Å². The van der Waals surface area contributed by atoms with E-state index in [0.29, 0.717) is 24.5 Å². The molecule has 22 heavy (non-hydrogen) atoms. The maximum absolute atomic E-state index is 13.8. The van der Waals surface area contributed by atoms with Crippen LogP contribution in [0.5, 0.6) is 0 Å². The molecule has 1 atom stereocenters. The molecule has 1 saturated heterocycles. The first-order valence-corrected chi connectivity index (χ1v) is 7.16. The Bertz CT molecular complexity index is 691. The largest absolute Gasteiger partial charge is 0.337 e. The second kappa shape index (κ2) is 6.11. The summed E-state index contributed by atoms with van der Waals surface area (Å²) in [5, 5.41) is 2.89. The molecule has 6 heteroatoms. The lowest BCUT2D eigenvalue weighted by Gasteiger charge is -2.18. The summed E-state index contributed by atoms with van der Waals surface area (Å²) < 4.78 is 13.8. The monoisotopic (exact) mass is 300 g/mol. The number of anilines is 2. The SMILES string of the molecule is N[C@@H]1CCN(C(=O)c2cccnc2Nc2ccccc2F)C1. The molecule has 1 aliphatic heterocycles. The summed E-state index contributed by atoms with van der Waals surface area (Å²) in [6.07, 6.45) is 2.36. The number of hydrogen-bond acceptors (Lipinski definition) is 4. The van der Waals surface area contributed by atoms with Gasteiger partial charge in [-0.15, -0.1) is 0 Å². The van der Waals surface area contributed by atoms with Crippen LogP contribution in [0.4, 0.5) is 15.9 Å². The molecule has 1 fully saturated rings. The number of amides is 1. The van der Waals surface area contributed by atoms with Gasteiger partial charge in [-0.05, 0) is 30.7 Å². The van der Waals surface area contributed by atoms with Gasteiger partial charge < -0.3 is 16.0 Å². The number of likely N-dealkylation sites (tertiary alicyclic amines) is 1. The quantitative estimate of drug-likeness (QED) is 0.911. The zero-order valence-corrected chi connectivity index (χ0v) is 12.0. The maximum Gasteiger partial charge on any atom is 0.257 e. The fraction of sp³-hybridized carbons (Fsp3) is 0.250. The van der Waals surface area contributed by atoms with Gasteiger partial charge in [-0.1, -0.05) is 12.1 Å². The number of halogens is 1. The molecule has 114 valence electrons. The molecule has 3 N–H and O–H groups in total. The normalized spacial score (nSPS) is 17.5. The van der Waals surface area contributed by atoms with E-state index in [9.17, 15) is 9.18 Å². The van der Waals surface area contributed by atoms with Gasteiger partial charge in [-0.25, -0.2) is 9.37 Å². The van der Waals surface area contributed by atoms with Crippen LogP contribution >= 0.6 is 0 Å². The van der Waals surface area contributed by atoms with Gasteiger partial charge in [0.25, 0.3) is 5.91 Å². The second-order valence-corrected chi connectivity index (χ2v) is 5.30. The predicted octanol–water partition coefficient (Wildman–Crippen LogP) is 2.14.